The monoisotopic (exact) mass is 243 g/mol. The molecule has 0 aliphatic carbocycles. The lowest BCUT2D eigenvalue weighted by Crippen LogP contribution is -2.56. The molecule has 100 valence electrons. The molecule has 1 N–H and O–H groups in total. The van der Waals surface area contributed by atoms with Crippen LogP contribution in [0.1, 0.15) is 33.6 Å². The molecule has 4 heteroatoms. The van der Waals surface area contributed by atoms with E-state index in [4.69, 9.17) is 9.47 Å². The van der Waals surface area contributed by atoms with E-state index in [1.165, 1.54) is 20.0 Å². The molecule has 0 aromatic carbocycles. The van der Waals surface area contributed by atoms with Gasteiger partial charge in [0.2, 0.25) is 0 Å². The van der Waals surface area contributed by atoms with Gasteiger partial charge in [0, 0.05) is 13.1 Å². The minimum atomic E-state index is -0.447. The Kier molecular flexibility index (Phi) is 4.95. The first-order chi connectivity index (χ1) is 7.96. The van der Waals surface area contributed by atoms with Gasteiger partial charge in [0.25, 0.3) is 0 Å². The van der Waals surface area contributed by atoms with Crippen molar-refractivity contribution >= 4 is 5.97 Å². The third kappa shape index (κ3) is 3.68. The van der Waals surface area contributed by atoms with Crippen molar-refractivity contribution in [2.75, 3.05) is 33.4 Å². The first-order valence-electron chi connectivity index (χ1n) is 6.33. The lowest BCUT2D eigenvalue weighted by molar-refractivity contribution is -0.182. The number of ether oxygens (including phenoxy) is 2. The normalized spacial score (nSPS) is 18.6. The maximum absolute atomic E-state index is 11.7. The van der Waals surface area contributed by atoms with Gasteiger partial charge in [-0.05, 0) is 11.8 Å². The summed E-state index contributed by atoms with van der Waals surface area (Å²) in [6.07, 6.45) is 2.36. The molecule has 0 aromatic rings. The topological polar surface area (TPSA) is 47.6 Å². The van der Waals surface area contributed by atoms with Gasteiger partial charge in [-0.15, -0.1) is 0 Å². The average molecular weight is 243 g/mol. The number of nitrogens with one attached hydrogen (secondary N) is 1. The summed E-state index contributed by atoms with van der Waals surface area (Å²) in [5.74, 6) is -0.162. The van der Waals surface area contributed by atoms with Crippen LogP contribution in [0.3, 0.4) is 0 Å². The van der Waals surface area contributed by atoms with Crippen molar-refractivity contribution in [2.45, 2.75) is 33.6 Å². The Morgan fingerprint density at radius 3 is 2.53 bits per heavy atom. The van der Waals surface area contributed by atoms with Gasteiger partial charge in [0.1, 0.15) is 5.41 Å². The van der Waals surface area contributed by atoms with Crippen LogP contribution >= 0.6 is 0 Å². The smallest absolute Gasteiger partial charge is 0.317 e. The second-order valence-corrected chi connectivity index (χ2v) is 5.78. The van der Waals surface area contributed by atoms with E-state index >= 15 is 0 Å². The average Bonchev–Trinajstić information content (AvgIpc) is 2.20. The van der Waals surface area contributed by atoms with E-state index < -0.39 is 5.41 Å². The molecule has 0 unspecified atom stereocenters. The van der Waals surface area contributed by atoms with E-state index in [9.17, 15) is 4.79 Å². The molecule has 0 radical (unpaired) electrons. The van der Waals surface area contributed by atoms with Crippen molar-refractivity contribution in [1.82, 2.24) is 5.32 Å². The van der Waals surface area contributed by atoms with Gasteiger partial charge in [-0.2, -0.15) is 0 Å². The van der Waals surface area contributed by atoms with Crippen molar-refractivity contribution < 1.29 is 14.3 Å². The number of carbonyl (C=O) groups excluding carboxylic acids is 1. The van der Waals surface area contributed by atoms with Gasteiger partial charge >= 0.3 is 5.97 Å². The van der Waals surface area contributed by atoms with E-state index in [0.29, 0.717) is 19.8 Å². The molecule has 1 aliphatic heterocycles. The highest BCUT2D eigenvalue weighted by molar-refractivity contribution is 5.78. The summed E-state index contributed by atoms with van der Waals surface area (Å²) in [5.41, 5.74) is -0.173. The Balaban J connectivity index is 2.36. The van der Waals surface area contributed by atoms with E-state index in [1.807, 2.05) is 0 Å². The number of hydrogen-bond donors (Lipinski definition) is 1. The maximum Gasteiger partial charge on any atom is 0.317 e. The van der Waals surface area contributed by atoms with Crippen LogP contribution in [0.25, 0.3) is 0 Å². The summed E-state index contributed by atoms with van der Waals surface area (Å²) >= 11 is 0. The van der Waals surface area contributed by atoms with E-state index in [-0.39, 0.29) is 11.4 Å². The molecule has 17 heavy (non-hydrogen) atoms. The second-order valence-electron chi connectivity index (χ2n) is 5.78. The van der Waals surface area contributed by atoms with Crippen LogP contribution in [0, 0.1) is 10.8 Å². The number of hydrogen-bond acceptors (Lipinski definition) is 4. The molecule has 0 aromatic heterocycles. The Hall–Kier alpha value is -0.610. The molecule has 1 rings (SSSR count). The Labute approximate surface area is 104 Å². The first-order valence-corrected chi connectivity index (χ1v) is 6.33. The SMILES string of the molecule is CCCC(C)(C)CNCC1(C(=O)OC)COC1. The molecule has 0 amide bonds. The van der Waals surface area contributed by atoms with Gasteiger partial charge in [-0.3, -0.25) is 4.79 Å². The largest absolute Gasteiger partial charge is 0.468 e. The van der Waals surface area contributed by atoms with Gasteiger partial charge in [-0.1, -0.05) is 27.2 Å². The van der Waals surface area contributed by atoms with Crippen LogP contribution in [0.2, 0.25) is 0 Å². The molecule has 1 fully saturated rings. The Morgan fingerprint density at radius 1 is 1.47 bits per heavy atom. The molecule has 4 nitrogen and oxygen atoms in total. The zero-order valence-corrected chi connectivity index (χ0v) is 11.5. The fraction of sp³-hybridized carbons (Fsp3) is 0.923. The highest BCUT2D eigenvalue weighted by atomic mass is 16.5. The quantitative estimate of drug-likeness (QED) is 0.690. The molecule has 0 saturated carbocycles. The number of rotatable bonds is 7. The standard InChI is InChI=1S/C13H25NO3/c1-5-6-12(2,3)7-14-8-13(9-17-10-13)11(15)16-4/h14H,5-10H2,1-4H3. The summed E-state index contributed by atoms with van der Waals surface area (Å²) in [7, 11) is 1.43. The van der Waals surface area contributed by atoms with Crippen molar-refractivity contribution in [1.29, 1.82) is 0 Å². The van der Waals surface area contributed by atoms with E-state index in [2.05, 4.69) is 26.1 Å². The van der Waals surface area contributed by atoms with Gasteiger partial charge < -0.3 is 14.8 Å². The first kappa shape index (κ1) is 14.5. The van der Waals surface area contributed by atoms with Crippen LogP contribution < -0.4 is 5.32 Å². The fourth-order valence-electron chi connectivity index (χ4n) is 2.26. The molecule has 1 heterocycles. The van der Waals surface area contributed by atoms with Crippen molar-refractivity contribution in [2.24, 2.45) is 10.8 Å². The minimum Gasteiger partial charge on any atom is -0.468 e. The molecule has 1 saturated heterocycles. The lowest BCUT2D eigenvalue weighted by Gasteiger charge is -2.39. The zero-order valence-electron chi connectivity index (χ0n) is 11.5. The van der Waals surface area contributed by atoms with Gasteiger partial charge in [0.15, 0.2) is 0 Å². The molecular weight excluding hydrogens is 218 g/mol. The minimum absolute atomic E-state index is 0.162. The summed E-state index contributed by atoms with van der Waals surface area (Å²) < 4.78 is 9.98. The second kappa shape index (κ2) is 5.83. The van der Waals surface area contributed by atoms with Crippen LogP contribution in [0.5, 0.6) is 0 Å². The van der Waals surface area contributed by atoms with Crippen molar-refractivity contribution in [3.05, 3.63) is 0 Å². The summed E-state index contributed by atoms with van der Waals surface area (Å²) in [4.78, 5) is 11.7. The van der Waals surface area contributed by atoms with E-state index in [1.54, 1.807) is 0 Å². The highest BCUT2D eigenvalue weighted by Crippen LogP contribution is 2.29. The van der Waals surface area contributed by atoms with Crippen molar-refractivity contribution in [3.63, 3.8) is 0 Å². The predicted molar refractivity (Wildman–Crippen MR) is 66.8 cm³/mol. The third-order valence-corrected chi connectivity index (χ3v) is 3.37. The Bertz CT molecular complexity index is 259. The van der Waals surface area contributed by atoms with E-state index in [0.717, 1.165) is 6.54 Å². The van der Waals surface area contributed by atoms with Crippen LogP contribution in [-0.2, 0) is 14.3 Å². The van der Waals surface area contributed by atoms with Gasteiger partial charge in [-0.25, -0.2) is 0 Å². The third-order valence-electron chi connectivity index (χ3n) is 3.37. The summed E-state index contributed by atoms with van der Waals surface area (Å²) in [6, 6.07) is 0. The molecule has 1 aliphatic rings. The van der Waals surface area contributed by atoms with Crippen molar-refractivity contribution in [3.8, 4) is 0 Å². The zero-order chi connectivity index (χ0) is 12.9. The summed E-state index contributed by atoms with van der Waals surface area (Å²) in [6.45, 7) is 9.18. The Morgan fingerprint density at radius 2 is 2.12 bits per heavy atom. The fourth-order valence-corrected chi connectivity index (χ4v) is 2.26. The molecular formula is C13H25NO3. The highest BCUT2D eigenvalue weighted by Gasteiger charge is 2.46. The van der Waals surface area contributed by atoms with Crippen LogP contribution in [-0.4, -0.2) is 39.4 Å². The lowest BCUT2D eigenvalue weighted by atomic mass is 9.84. The number of esters is 1. The molecule has 0 bridgehead atoms. The number of methoxy groups -OCH3 is 1. The number of carbonyl (C=O) groups is 1. The molecule has 0 spiro atoms. The van der Waals surface area contributed by atoms with Gasteiger partial charge in [0.05, 0.1) is 20.3 Å². The summed E-state index contributed by atoms with van der Waals surface area (Å²) in [5, 5.41) is 3.39. The predicted octanol–water partition coefficient (Wildman–Crippen LogP) is 1.59. The molecule has 0 atom stereocenters. The maximum atomic E-state index is 11.7. The van der Waals surface area contributed by atoms with Crippen LogP contribution in [0.15, 0.2) is 0 Å². The van der Waals surface area contributed by atoms with Crippen LogP contribution in [0.4, 0.5) is 0 Å².